The Kier molecular flexibility index (Phi) is 3.90. The van der Waals surface area contributed by atoms with Crippen LogP contribution >= 0.6 is 7.51 Å². The first kappa shape index (κ1) is 11.9. The van der Waals surface area contributed by atoms with E-state index in [0.717, 1.165) is 0 Å². The van der Waals surface area contributed by atoms with E-state index in [1.54, 1.807) is 6.26 Å². The van der Waals surface area contributed by atoms with Crippen LogP contribution in [-0.2, 0) is 18.1 Å². The van der Waals surface area contributed by atoms with E-state index < -0.39 is 7.51 Å². The van der Waals surface area contributed by atoms with Gasteiger partial charge in [-0.1, -0.05) is 0 Å². The van der Waals surface area contributed by atoms with Crippen molar-refractivity contribution in [2.24, 2.45) is 0 Å². The SMILES string of the molecule is CCOP1(OCC)(OCC)CC=CO1. The van der Waals surface area contributed by atoms with Gasteiger partial charge in [0.1, 0.15) is 0 Å². The molecule has 0 aliphatic carbocycles. The molecule has 5 heteroatoms. The van der Waals surface area contributed by atoms with Gasteiger partial charge in [-0.2, -0.15) is 0 Å². The van der Waals surface area contributed by atoms with E-state index in [9.17, 15) is 0 Å². The number of hydrogen-bond acceptors (Lipinski definition) is 4. The standard InChI is InChI=1S/C9H19O4P/c1-4-10-14(11-5-2,12-6-3)9-7-8-13-14/h7-8H,4-6,9H2,1-3H3. The normalized spacial score (nSPS) is 25.2. The summed E-state index contributed by atoms with van der Waals surface area (Å²) >= 11 is 0. The quantitative estimate of drug-likeness (QED) is 0.647. The minimum absolute atomic E-state index is 0.527. The third-order valence-electron chi connectivity index (χ3n) is 1.90. The van der Waals surface area contributed by atoms with Crippen molar-refractivity contribution in [1.82, 2.24) is 0 Å². The summed E-state index contributed by atoms with van der Waals surface area (Å²) in [4.78, 5) is 0. The molecule has 1 aliphatic rings. The van der Waals surface area contributed by atoms with Gasteiger partial charge in [0.2, 0.25) is 0 Å². The first-order valence-corrected chi connectivity index (χ1v) is 7.10. The topological polar surface area (TPSA) is 36.9 Å². The van der Waals surface area contributed by atoms with E-state index in [0.29, 0.717) is 26.0 Å². The molecule has 0 spiro atoms. The molecule has 0 saturated carbocycles. The van der Waals surface area contributed by atoms with E-state index in [4.69, 9.17) is 18.1 Å². The van der Waals surface area contributed by atoms with E-state index >= 15 is 0 Å². The van der Waals surface area contributed by atoms with Crippen LogP contribution in [0.5, 0.6) is 0 Å². The predicted octanol–water partition coefficient (Wildman–Crippen LogP) is 2.85. The molecular formula is C9H19O4P. The molecule has 0 fully saturated rings. The first-order chi connectivity index (χ1) is 6.70. The van der Waals surface area contributed by atoms with E-state index in [-0.39, 0.29) is 0 Å². The second-order valence-electron chi connectivity index (χ2n) is 2.88. The first-order valence-electron chi connectivity index (χ1n) is 5.01. The summed E-state index contributed by atoms with van der Waals surface area (Å²) in [5, 5.41) is 0. The molecule has 0 aromatic rings. The Hall–Kier alpha value is -0.150. The molecule has 0 aromatic carbocycles. The van der Waals surface area contributed by atoms with Crippen molar-refractivity contribution in [2.75, 3.05) is 26.0 Å². The molecule has 0 N–H and O–H groups in total. The predicted molar refractivity (Wildman–Crippen MR) is 56.9 cm³/mol. The van der Waals surface area contributed by atoms with Crippen molar-refractivity contribution in [1.29, 1.82) is 0 Å². The summed E-state index contributed by atoms with van der Waals surface area (Å²) < 4.78 is 22.5. The summed E-state index contributed by atoms with van der Waals surface area (Å²) in [5.41, 5.74) is 0. The Labute approximate surface area is 85.4 Å². The van der Waals surface area contributed by atoms with E-state index in [1.165, 1.54) is 0 Å². The van der Waals surface area contributed by atoms with Crippen molar-refractivity contribution >= 4 is 7.51 Å². The fraction of sp³-hybridized carbons (Fsp3) is 0.778. The van der Waals surface area contributed by atoms with Crippen LogP contribution in [0.2, 0.25) is 0 Å². The fourth-order valence-electron chi connectivity index (χ4n) is 1.53. The zero-order valence-corrected chi connectivity index (χ0v) is 9.96. The summed E-state index contributed by atoms with van der Waals surface area (Å²) in [5.74, 6) is 0. The van der Waals surface area contributed by atoms with Gasteiger partial charge in [0.25, 0.3) is 0 Å². The average molecular weight is 222 g/mol. The van der Waals surface area contributed by atoms with Gasteiger partial charge in [0.15, 0.2) is 0 Å². The Morgan fingerprint density at radius 3 is 1.86 bits per heavy atom. The van der Waals surface area contributed by atoms with Crippen LogP contribution in [0, 0.1) is 0 Å². The molecule has 0 saturated heterocycles. The maximum absolute atomic E-state index is 5.66. The van der Waals surface area contributed by atoms with Gasteiger partial charge >= 0.3 is 84.7 Å². The van der Waals surface area contributed by atoms with Crippen molar-refractivity contribution in [3.05, 3.63) is 12.3 Å². The van der Waals surface area contributed by atoms with Crippen LogP contribution < -0.4 is 0 Å². The molecule has 0 bridgehead atoms. The number of rotatable bonds is 6. The van der Waals surface area contributed by atoms with E-state index in [2.05, 4.69) is 0 Å². The summed E-state index contributed by atoms with van der Waals surface area (Å²) in [6, 6.07) is 0. The molecule has 4 nitrogen and oxygen atoms in total. The summed E-state index contributed by atoms with van der Waals surface area (Å²) in [6.07, 6.45) is 4.08. The van der Waals surface area contributed by atoms with Gasteiger partial charge in [-0.25, -0.2) is 0 Å². The van der Waals surface area contributed by atoms with Crippen molar-refractivity contribution in [3.8, 4) is 0 Å². The van der Waals surface area contributed by atoms with Gasteiger partial charge in [0, 0.05) is 0 Å². The van der Waals surface area contributed by atoms with Crippen molar-refractivity contribution in [3.63, 3.8) is 0 Å². The fourth-order valence-corrected chi connectivity index (χ4v) is 4.58. The molecule has 0 radical (unpaired) electrons. The molecule has 1 aliphatic heterocycles. The minimum atomic E-state index is -3.27. The molecule has 14 heavy (non-hydrogen) atoms. The molecule has 1 rings (SSSR count). The van der Waals surface area contributed by atoms with Gasteiger partial charge in [0.05, 0.1) is 0 Å². The Morgan fingerprint density at radius 1 is 1.07 bits per heavy atom. The molecular weight excluding hydrogens is 203 g/mol. The Balaban J connectivity index is 2.83. The third kappa shape index (κ3) is 2.09. The number of hydrogen-bond donors (Lipinski definition) is 0. The molecule has 1 heterocycles. The van der Waals surface area contributed by atoms with Crippen molar-refractivity contribution in [2.45, 2.75) is 20.8 Å². The monoisotopic (exact) mass is 222 g/mol. The van der Waals surface area contributed by atoms with Gasteiger partial charge < -0.3 is 0 Å². The van der Waals surface area contributed by atoms with Gasteiger partial charge in [-0.05, 0) is 0 Å². The molecule has 0 atom stereocenters. The van der Waals surface area contributed by atoms with Crippen LogP contribution in [0.25, 0.3) is 0 Å². The summed E-state index contributed by atoms with van der Waals surface area (Å²) in [7, 11) is -3.27. The average Bonchev–Trinajstić information content (AvgIpc) is 2.52. The number of allylic oxidation sites excluding steroid dienone is 1. The Bertz CT molecular complexity index is 185. The van der Waals surface area contributed by atoms with Crippen LogP contribution in [0.4, 0.5) is 0 Å². The molecule has 0 unspecified atom stereocenters. The zero-order chi connectivity index (χ0) is 10.5. The van der Waals surface area contributed by atoms with Crippen LogP contribution in [0.3, 0.4) is 0 Å². The van der Waals surface area contributed by atoms with Gasteiger partial charge in [-0.3, -0.25) is 0 Å². The second kappa shape index (κ2) is 4.58. The molecule has 0 amide bonds. The third-order valence-corrected chi connectivity index (χ3v) is 5.51. The maximum atomic E-state index is 5.66. The van der Waals surface area contributed by atoms with Crippen LogP contribution in [0.1, 0.15) is 20.8 Å². The van der Waals surface area contributed by atoms with Crippen LogP contribution in [0.15, 0.2) is 12.3 Å². The second-order valence-corrected chi connectivity index (χ2v) is 6.15. The van der Waals surface area contributed by atoms with E-state index in [1.807, 2.05) is 26.8 Å². The molecule has 0 aromatic heterocycles. The summed E-state index contributed by atoms with van der Waals surface area (Å²) in [6.45, 7) is 7.31. The molecule has 84 valence electrons. The van der Waals surface area contributed by atoms with Gasteiger partial charge in [-0.15, -0.1) is 0 Å². The zero-order valence-electron chi connectivity index (χ0n) is 9.06. The van der Waals surface area contributed by atoms with Crippen LogP contribution in [-0.4, -0.2) is 26.0 Å². The Morgan fingerprint density at radius 2 is 1.57 bits per heavy atom. The van der Waals surface area contributed by atoms with Crippen molar-refractivity contribution < 1.29 is 18.1 Å².